The Morgan fingerprint density at radius 2 is 2.07 bits per heavy atom. The zero-order chi connectivity index (χ0) is 18.8. The van der Waals surface area contributed by atoms with Crippen LogP contribution < -0.4 is 5.32 Å². The van der Waals surface area contributed by atoms with Gasteiger partial charge in [0, 0.05) is 37.7 Å². The Morgan fingerprint density at radius 1 is 1.26 bits per heavy atom. The lowest BCUT2D eigenvalue weighted by Crippen LogP contribution is -2.43. The van der Waals surface area contributed by atoms with Crippen molar-refractivity contribution in [2.75, 3.05) is 18.4 Å². The van der Waals surface area contributed by atoms with Gasteiger partial charge in [-0.3, -0.25) is 15.0 Å². The van der Waals surface area contributed by atoms with Gasteiger partial charge in [0.25, 0.3) is 0 Å². The van der Waals surface area contributed by atoms with Crippen molar-refractivity contribution in [3.63, 3.8) is 0 Å². The van der Waals surface area contributed by atoms with Crippen molar-refractivity contribution < 1.29 is 5.11 Å². The number of anilines is 1. The smallest absolute Gasteiger partial charge is 0.144 e. The van der Waals surface area contributed by atoms with E-state index in [0.29, 0.717) is 17.8 Å². The maximum absolute atomic E-state index is 10.6. The second-order valence-corrected chi connectivity index (χ2v) is 8.58. The van der Waals surface area contributed by atoms with Crippen LogP contribution in [-0.2, 0) is 13.0 Å². The van der Waals surface area contributed by atoms with Gasteiger partial charge in [-0.25, -0.2) is 4.98 Å². The largest absolute Gasteiger partial charge is 0.391 e. The fraction of sp³-hybridized carbons (Fsp3) is 0.650. The van der Waals surface area contributed by atoms with E-state index in [4.69, 9.17) is 0 Å². The van der Waals surface area contributed by atoms with Gasteiger partial charge in [0.15, 0.2) is 0 Å². The number of H-pyrrole nitrogens is 1. The third-order valence-corrected chi connectivity index (χ3v) is 5.81. The number of likely N-dealkylation sites (tertiary alicyclic amines) is 1. The summed E-state index contributed by atoms with van der Waals surface area (Å²) in [7, 11) is 0. The predicted molar refractivity (Wildman–Crippen MR) is 104 cm³/mol. The van der Waals surface area contributed by atoms with Gasteiger partial charge in [0.05, 0.1) is 24.0 Å². The normalized spacial score (nSPS) is 28.4. The molecule has 2 fully saturated rings. The van der Waals surface area contributed by atoms with E-state index in [0.717, 1.165) is 50.4 Å². The maximum Gasteiger partial charge on any atom is 0.144 e. The van der Waals surface area contributed by atoms with Crippen molar-refractivity contribution in [1.29, 1.82) is 0 Å². The molecule has 3 heterocycles. The van der Waals surface area contributed by atoms with E-state index >= 15 is 0 Å². The summed E-state index contributed by atoms with van der Waals surface area (Å²) in [6, 6.07) is 2.25. The van der Waals surface area contributed by atoms with Gasteiger partial charge in [-0.2, -0.15) is 5.10 Å². The van der Waals surface area contributed by atoms with Crippen molar-refractivity contribution in [3.05, 3.63) is 36.0 Å². The maximum atomic E-state index is 10.6. The van der Waals surface area contributed by atoms with Crippen LogP contribution >= 0.6 is 0 Å². The van der Waals surface area contributed by atoms with Gasteiger partial charge < -0.3 is 10.4 Å². The number of aromatic amines is 1. The number of aliphatic hydroxyl groups is 1. The van der Waals surface area contributed by atoms with E-state index in [9.17, 15) is 5.11 Å². The highest BCUT2D eigenvalue weighted by atomic mass is 16.3. The van der Waals surface area contributed by atoms with E-state index in [-0.39, 0.29) is 12.1 Å². The van der Waals surface area contributed by atoms with E-state index in [1.54, 1.807) is 18.6 Å². The van der Waals surface area contributed by atoms with Gasteiger partial charge in [0.2, 0.25) is 0 Å². The molecule has 0 unspecified atom stereocenters. The van der Waals surface area contributed by atoms with Crippen LogP contribution in [0.4, 0.5) is 5.82 Å². The predicted octanol–water partition coefficient (Wildman–Crippen LogP) is 2.08. The molecule has 2 aromatic heterocycles. The topological polar surface area (TPSA) is 90.0 Å². The van der Waals surface area contributed by atoms with Crippen molar-refractivity contribution in [2.24, 2.45) is 17.8 Å². The van der Waals surface area contributed by atoms with Crippen LogP contribution in [0.3, 0.4) is 0 Å². The van der Waals surface area contributed by atoms with Gasteiger partial charge in [-0.15, -0.1) is 0 Å². The summed E-state index contributed by atoms with van der Waals surface area (Å²) in [5.41, 5.74) is 2.35. The molecular weight excluding hydrogens is 340 g/mol. The van der Waals surface area contributed by atoms with Gasteiger partial charge >= 0.3 is 0 Å². The Bertz CT molecular complexity index is 733. The molecule has 3 N–H and O–H groups in total. The Hall–Kier alpha value is -1.99. The zero-order valence-electron chi connectivity index (χ0n) is 16.2. The fourth-order valence-electron chi connectivity index (χ4n) is 4.63. The van der Waals surface area contributed by atoms with Crippen LogP contribution in [0, 0.1) is 17.8 Å². The highest BCUT2D eigenvalue weighted by Gasteiger charge is 2.41. The lowest BCUT2D eigenvalue weighted by molar-refractivity contribution is 0.0735. The number of nitrogens with one attached hydrogen (secondary N) is 2. The number of aliphatic hydroxyl groups excluding tert-OH is 1. The molecule has 1 aliphatic carbocycles. The summed E-state index contributed by atoms with van der Waals surface area (Å²) in [4.78, 5) is 10.9. The minimum atomic E-state index is -0.335. The molecule has 27 heavy (non-hydrogen) atoms. The SMILES string of the molecule is CC(C)Cc1cc(CN2C[C@H]3C[C@@H](Nc4cnccn4)[C@H](O)C[C@H]3C2)[nH]n1. The lowest BCUT2D eigenvalue weighted by atomic mass is 9.77. The standard InChI is InChI=1S/C20H30N6O/c1-13(2)5-16-8-17(25-24-16)12-26-10-14-6-18(19(27)7-15(14)11-26)23-20-9-21-3-4-22-20/h3-4,8-9,13-15,18-19,27H,5-7,10-12H2,1-2H3,(H,22,23)(H,24,25)/t14-,15+,18-,19-/m1/s1. The highest BCUT2D eigenvalue weighted by molar-refractivity contribution is 5.32. The third kappa shape index (κ3) is 4.47. The molecule has 7 heteroatoms. The number of hydrogen-bond acceptors (Lipinski definition) is 6. The summed E-state index contributed by atoms with van der Waals surface area (Å²) in [5, 5.41) is 21.6. The number of hydrogen-bond donors (Lipinski definition) is 3. The van der Waals surface area contributed by atoms with Gasteiger partial charge in [-0.05, 0) is 43.1 Å². The molecule has 1 saturated heterocycles. The average Bonchev–Trinajstić information content (AvgIpc) is 3.22. The number of rotatable bonds is 6. The first kappa shape index (κ1) is 18.4. The monoisotopic (exact) mass is 370 g/mol. The van der Waals surface area contributed by atoms with Gasteiger partial charge in [-0.1, -0.05) is 13.8 Å². The molecule has 1 aliphatic heterocycles. The molecular formula is C20H30N6O. The minimum absolute atomic E-state index is 0.0488. The highest BCUT2D eigenvalue weighted by Crippen LogP contribution is 2.37. The van der Waals surface area contributed by atoms with Crippen molar-refractivity contribution in [2.45, 2.75) is 51.8 Å². The second kappa shape index (κ2) is 7.94. The van der Waals surface area contributed by atoms with E-state index in [1.165, 1.54) is 5.69 Å². The van der Waals surface area contributed by atoms with Crippen LogP contribution in [0.1, 0.15) is 38.1 Å². The average molecular weight is 371 g/mol. The molecule has 7 nitrogen and oxygen atoms in total. The summed E-state index contributed by atoms with van der Waals surface area (Å²) in [6.45, 7) is 7.48. The van der Waals surface area contributed by atoms with E-state index in [2.05, 4.69) is 50.3 Å². The quantitative estimate of drug-likeness (QED) is 0.721. The summed E-state index contributed by atoms with van der Waals surface area (Å²) in [5.74, 6) is 2.54. The molecule has 4 rings (SSSR count). The summed E-state index contributed by atoms with van der Waals surface area (Å²) >= 11 is 0. The van der Waals surface area contributed by atoms with Crippen LogP contribution in [0.2, 0.25) is 0 Å². The number of nitrogens with zero attached hydrogens (tertiary/aromatic N) is 4. The first-order valence-electron chi connectivity index (χ1n) is 10.0. The molecule has 0 radical (unpaired) electrons. The van der Waals surface area contributed by atoms with Crippen molar-refractivity contribution in [1.82, 2.24) is 25.1 Å². The molecule has 0 bridgehead atoms. The fourth-order valence-corrected chi connectivity index (χ4v) is 4.63. The third-order valence-electron chi connectivity index (χ3n) is 5.81. The molecule has 0 spiro atoms. The lowest BCUT2D eigenvalue weighted by Gasteiger charge is -2.35. The minimum Gasteiger partial charge on any atom is -0.391 e. The number of fused-ring (bicyclic) bond motifs is 1. The summed E-state index contributed by atoms with van der Waals surface area (Å²) < 4.78 is 0. The van der Waals surface area contributed by atoms with Crippen LogP contribution in [0.5, 0.6) is 0 Å². The first-order valence-corrected chi connectivity index (χ1v) is 10.0. The Morgan fingerprint density at radius 3 is 2.81 bits per heavy atom. The Labute approximate surface area is 160 Å². The molecule has 146 valence electrons. The molecule has 0 amide bonds. The molecule has 4 atom stereocenters. The van der Waals surface area contributed by atoms with Crippen molar-refractivity contribution in [3.8, 4) is 0 Å². The molecule has 1 saturated carbocycles. The van der Waals surface area contributed by atoms with Crippen LogP contribution in [-0.4, -0.2) is 55.4 Å². The Balaban J connectivity index is 1.33. The zero-order valence-corrected chi connectivity index (χ0v) is 16.2. The number of aromatic nitrogens is 4. The van der Waals surface area contributed by atoms with Crippen LogP contribution in [0.25, 0.3) is 0 Å². The van der Waals surface area contributed by atoms with E-state index < -0.39 is 0 Å². The van der Waals surface area contributed by atoms with E-state index in [1.807, 2.05) is 0 Å². The Kier molecular flexibility index (Phi) is 5.41. The van der Waals surface area contributed by atoms with Gasteiger partial charge in [0.1, 0.15) is 5.82 Å². The van der Waals surface area contributed by atoms with Crippen molar-refractivity contribution >= 4 is 5.82 Å². The second-order valence-electron chi connectivity index (χ2n) is 8.58. The van der Waals surface area contributed by atoms with Crippen LogP contribution in [0.15, 0.2) is 24.7 Å². The summed E-state index contributed by atoms with van der Waals surface area (Å²) in [6.07, 6.45) is 7.56. The molecule has 0 aromatic carbocycles. The first-order chi connectivity index (χ1) is 13.1. The molecule has 2 aromatic rings. The molecule has 2 aliphatic rings.